The van der Waals surface area contributed by atoms with Crippen molar-refractivity contribution in [1.82, 2.24) is 25.9 Å². The van der Waals surface area contributed by atoms with Gasteiger partial charge in [0.15, 0.2) is 0 Å². The molecular weight excluding hydrogens is 374 g/mol. The molecule has 28 heavy (non-hydrogen) atoms. The van der Waals surface area contributed by atoms with E-state index < -0.39 is 5.91 Å². The highest BCUT2D eigenvalue weighted by molar-refractivity contribution is 7.11. The molecule has 2 rings (SSSR count). The summed E-state index contributed by atoms with van der Waals surface area (Å²) < 4.78 is 0. The molecule has 146 valence electrons. The van der Waals surface area contributed by atoms with Crippen LogP contribution in [0.15, 0.2) is 54.0 Å². The van der Waals surface area contributed by atoms with Crippen molar-refractivity contribution < 1.29 is 4.79 Å². The van der Waals surface area contributed by atoms with Crippen LogP contribution in [0, 0.1) is 5.41 Å². The molecule has 0 atom stereocenters. The summed E-state index contributed by atoms with van der Waals surface area (Å²) in [4.78, 5) is 21.4. The van der Waals surface area contributed by atoms with E-state index in [1.807, 2.05) is 30.6 Å². The van der Waals surface area contributed by atoms with Crippen LogP contribution in [0.2, 0.25) is 0 Å². The molecule has 0 aliphatic rings. The first-order chi connectivity index (χ1) is 13.6. The van der Waals surface area contributed by atoms with Gasteiger partial charge in [0.2, 0.25) is 5.82 Å². The normalized spacial score (nSPS) is 12.4. The zero-order chi connectivity index (χ0) is 20.4. The van der Waals surface area contributed by atoms with Gasteiger partial charge < -0.3 is 27.1 Å². The molecule has 0 spiro atoms. The maximum atomic E-state index is 12.2. The number of rotatable bonds is 9. The fraction of sp³-hybridized carbons (Fsp3) is 0.158. The zero-order valence-electron chi connectivity index (χ0n) is 15.7. The minimum Gasteiger partial charge on any atom is -0.401 e. The Bertz CT molecular complexity index is 884. The number of allylic oxidation sites excluding steroid dienone is 3. The number of nitrogens with zero attached hydrogens (tertiary/aromatic N) is 2. The second-order valence-corrected chi connectivity index (χ2v) is 6.51. The summed E-state index contributed by atoms with van der Waals surface area (Å²) in [7, 11) is 3.58. The molecule has 0 saturated heterocycles. The van der Waals surface area contributed by atoms with Crippen molar-refractivity contribution in [3.63, 3.8) is 0 Å². The summed E-state index contributed by atoms with van der Waals surface area (Å²) >= 11 is 1.62. The standard InChI is InChI=1S/C19H23N7OS/c1-22-9-13(8-20)14-10-24-18(25-11-14)19(27)26-12-15(21)5-6-16(23-2)17-4-3-7-28-17/h3-11,20,22-23H,12,21H2,1-2H3,(H,26,27)/b13-9+,15-5+,16-6-,20-8?. The molecule has 0 saturated carbocycles. The van der Waals surface area contributed by atoms with Gasteiger partial charge in [-0.05, 0) is 23.6 Å². The van der Waals surface area contributed by atoms with Crippen molar-refractivity contribution in [2.75, 3.05) is 20.6 Å². The summed E-state index contributed by atoms with van der Waals surface area (Å²) in [5.41, 5.74) is 8.66. The fourth-order valence-electron chi connectivity index (χ4n) is 2.19. The molecule has 0 unspecified atom stereocenters. The first-order valence-corrected chi connectivity index (χ1v) is 9.33. The van der Waals surface area contributed by atoms with E-state index in [1.54, 1.807) is 30.7 Å². The number of aromatic nitrogens is 2. The van der Waals surface area contributed by atoms with E-state index in [-0.39, 0.29) is 12.4 Å². The topological polar surface area (TPSA) is 129 Å². The minimum absolute atomic E-state index is 0.0374. The molecule has 0 radical (unpaired) electrons. The van der Waals surface area contributed by atoms with Gasteiger partial charge in [0.1, 0.15) is 0 Å². The minimum atomic E-state index is -0.423. The Balaban J connectivity index is 1.97. The third kappa shape index (κ3) is 5.78. The Hall–Kier alpha value is -3.46. The first-order valence-electron chi connectivity index (χ1n) is 8.45. The lowest BCUT2D eigenvalue weighted by Gasteiger charge is -2.06. The van der Waals surface area contributed by atoms with Crippen molar-refractivity contribution in [2.24, 2.45) is 5.73 Å². The van der Waals surface area contributed by atoms with Gasteiger partial charge in [0.25, 0.3) is 5.91 Å². The van der Waals surface area contributed by atoms with Crippen molar-refractivity contribution in [3.05, 3.63) is 70.2 Å². The Morgan fingerprint density at radius 1 is 1.29 bits per heavy atom. The highest BCUT2D eigenvalue weighted by atomic mass is 32.1. The van der Waals surface area contributed by atoms with Gasteiger partial charge in [-0.3, -0.25) is 4.79 Å². The Kier molecular flexibility index (Phi) is 7.92. The van der Waals surface area contributed by atoms with Crippen LogP contribution in [-0.4, -0.2) is 42.7 Å². The molecular formula is C19H23N7OS. The molecule has 2 aromatic rings. The van der Waals surface area contributed by atoms with E-state index in [9.17, 15) is 4.79 Å². The lowest BCUT2D eigenvalue weighted by atomic mass is 10.2. The summed E-state index contributed by atoms with van der Waals surface area (Å²) in [6.07, 6.45) is 9.44. The highest BCUT2D eigenvalue weighted by Crippen LogP contribution is 2.17. The van der Waals surface area contributed by atoms with E-state index in [0.29, 0.717) is 16.8 Å². The number of nitrogens with two attached hydrogens (primary N) is 1. The fourth-order valence-corrected chi connectivity index (χ4v) is 2.95. The molecule has 8 nitrogen and oxygen atoms in total. The van der Waals surface area contributed by atoms with Crippen LogP contribution in [0.4, 0.5) is 0 Å². The number of hydrogen-bond donors (Lipinski definition) is 5. The van der Waals surface area contributed by atoms with E-state index in [1.165, 1.54) is 18.6 Å². The van der Waals surface area contributed by atoms with Gasteiger partial charge in [-0.15, -0.1) is 11.3 Å². The average Bonchev–Trinajstić information content (AvgIpc) is 3.25. The average molecular weight is 398 g/mol. The molecule has 2 heterocycles. The first kappa shape index (κ1) is 20.8. The number of amides is 1. The van der Waals surface area contributed by atoms with Gasteiger partial charge in [0.05, 0.1) is 17.1 Å². The van der Waals surface area contributed by atoms with E-state index in [0.717, 1.165) is 10.6 Å². The number of carbonyl (C=O) groups excluding carboxylic acids is 1. The highest BCUT2D eigenvalue weighted by Gasteiger charge is 2.09. The second kappa shape index (κ2) is 10.6. The van der Waals surface area contributed by atoms with Gasteiger partial charge in [-0.25, -0.2) is 9.97 Å². The maximum absolute atomic E-state index is 12.2. The SMILES string of the molecule is CN/C=C(\C=N)c1cnc(C(=O)NC/C(N)=C\C=C(/NC)c2cccs2)nc1. The third-order valence-electron chi connectivity index (χ3n) is 3.62. The maximum Gasteiger partial charge on any atom is 0.289 e. The molecule has 9 heteroatoms. The molecule has 0 aliphatic heterocycles. The van der Waals surface area contributed by atoms with Crippen molar-refractivity contribution in [2.45, 2.75) is 0 Å². The summed E-state index contributed by atoms with van der Waals surface area (Å²) in [5, 5.41) is 18.0. The summed E-state index contributed by atoms with van der Waals surface area (Å²) in [6, 6.07) is 3.98. The van der Waals surface area contributed by atoms with E-state index in [2.05, 4.69) is 25.9 Å². The van der Waals surface area contributed by atoms with Crippen LogP contribution < -0.4 is 21.7 Å². The molecule has 0 aromatic carbocycles. The molecule has 0 fully saturated rings. The van der Waals surface area contributed by atoms with Gasteiger partial charge in [-0.2, -0.15) is 0 Å². The van der Waals surface area contributed by atoms with E-state index >= 15 is 0 Å². The van der Waals surface area contributed by atoms with Crippen LogP contribution in [0.5, 0.6) is 0 Å². The van der Waals surface area contributed by atoms with Gasteiger partial charge >= 0.3 is 0 Å². The van der Waals surface area contributed by atoms with Crippen LogP contribution in [-0.2, 0) is 0 Å². The number of carbonyl (C=O) groups is 1. The second-order valence-electron chi connectivity index (χ2n) is 5.56. The Morgan fingerprint density at radius 3 is 2.61 bits per heavy atom. The predicted molar refractivity (Wildman–Crippen MR) is 114 cm³/mol. The monoisotopic (exact) mass is 397 g/mol. The molecule has 6 N–H and O–H groups in total. The molecule has 0 bridgehead atoms. The summed E-state index contributed by atoms with van der Waals surface area (Å²) in [6.45, 7) is 0.174. The largest absolute Gasteiger partial charge is 0.401 e. The van der Waals surface area contributed by atoms with E-state index in [4.69, 9.17) is 11.1 Å². The van der Waals surface area contributed by atoms with Crippen LogP contribution in [0.25, 0.3) is 11.3 Å². The summed E-state index contributed by atoms with van der Waals surface area (Å²) in [5.74, 6) is -0.386. The molecule has 0 aliphatic carbocycles. The number of hydrogen-bond acceptors (Lipinski definition) is 8. The van der Waals surface area contributed by atoms with Crippen LogP contribution in [0.1, 0.15) is 21.1 Å². The third-order valence-corrected chi connectivity index (χ3v) is 4.52. The van der Waals surface area contributed by atoms with Gasteiger partial charge in [-0.1, -0.05) is 6.07 Å². The quantitative estimate of drug-likeness (QED) is 0.323. The van der Waals surface area contributed by atoms with Crippen molar-refractivity contribution in [1.29, 1.82) is 5.41 Å². The Labute approximate surface area is 167 Å². The van der Waals surface area contributed by atoms with Crippen molar-refractivity contribution in [3.8, 4) is 0 Å². The van der Waals surface area contributed by atoms with Gasteiger partial charge in [0, 0.05) is 55.7 Å². The zero-order valence-corrected chi connectivity index (χ0v) is 16.5. The number of thiophene rings is 1. The predicted octanol–water partition coefficient (Wildman–Crippen LogP) is 1.58. The molecule has 1 amide bonds. The lowest BCUT2D eigenvalue weighted by Crippen LogP contribution is -2.29. The van der Waals surface area contributed by atoms with Crippen molar-refractivity contribution >= 4 is 34.7 Å². The Morgan fingerprint density at radius 2 is 2.04 bits per heavy atom. The van der Waals surface area contributed by atoms with Crippen LogP contribution >= 0.6 is 11.3 Å². The smallest absolute Gasteiger partial charge is 0.289 e. The molecule has 2 aromatic heterocycles. The lowest BCUT2D eigenvalue weighted by molar-refractivity contribution is 0.0946. The van der Waals surface area contributed by atoms with Crippen LogP contribution in [0.3, 0.4) is 0 Å². The number of nitrogens with one attached hydrogen (secondary N) is 4.